The van der Waals surface area contributed by atoms with Crippen LogP contribution in [0.2, 0.25) is 5.02 Å². The van der Waals surface area contributed by atoms with Gasteiger partial charge < -0.3 is 10.2 Å². The summed E-state index contributed by atoms with van der Waals surface area (Å²) in [6.07, 6.45) is 1.55. The Labute approximate surface area is 176 Å². The summed E-state index contributed by atoms with van der Waals surface area (Å²) in [5.41, 5.74) is 0.951. The zero-order valence-electron chi connectivity index (χ0n) is 16.3. The van der Waals surface area contributed by atoms with Gasteiger partial charge in [0.05, 0.1) is 10.3 Å². The molecule has 29 heavy (non-hydrogen) atoms. The lowest BCUT2D eigenvalue weighted by Crippen LogP contribution is -2.46. The van der Waals surface area contributed by atoms with Crippen molar-refractivity contribution in [3.05, 3.63) is 59.1 Å². The van der Waals surface area contributed by atoms with E-state index in [1.807, 2.05) is 25.2 Å². The summed E-state index contributed by atoms with van der Waals surface area (Å²) in [4.78, 5) is 15.2. The molecule has 2 aromatic carbocycles. The quantitative estimate of drug-likeness (QED) is 0.787. The molecule has 1 heterocycles. The van der Waals surface area contributed by atoms with E-state index < -0.39 is 15.4 Å². The van der Waals surface area contributed by atoms with E-state index in [4.69, 9.17) is 11.6 Å². The topological polar surface area (TPSA) is 69.7 Å². The highest BCUT2D eigenvalue weighted by molar-refractivity contribution is 7.89. The minimum Gasteiger partial charge on any atom is -0.325 e. The molecule has 2 fully saturated rings. The van der Waals surface area contributed by atoms with E-state index >= 15 is 0 Å². The zero-order valence-corrected chi connectivity index (χ0v) is 17.8. The molecular weight excluding hydrogens is 410 g/mol. The third-order valence-corrected chi connectivity index (χ3v) is 7.92. The average Bonchev–Trinajstić information content (AvgIpc) is 3.51. The zero-order chi connectivity index (χ0) is 20.6. The van der Waals surface area contributed by atoms with Crippen molar-refractivity contribution < 1.29 is 13.2 Å². The molecule has 0 aromatic heterocycles. The molecule has 4 rings (SSSR count). The van der Waals surface area contributed by atoms with Gasteiger partial charge in [-0.05, 0) is 61.9 Å². The molecule has 1 saturated heterocycles. The molecular formula is C21H24ClN3O3S. The second-order valence-electron chi connectivity index (χ2n) is 7.78. The van der Waals surface area contributed by atoms with Crippen LogP contribution in [-0.2, 0) is 20.2 Å². The van der Waals surface area contributed by atoms with E-state index in [0.29, 0.717) is 23.8 Å². The number of benzene rings is 2. The second kappa shape index (κ2) is 7.72. The van der Waals surface area contributed by atoms with Crippen LogP contribution in [0.25, 0.3) is 0 Å². The number of anilines is 1. The van der Waals surface area contributed by atoms with E-state index in [2.05, 4.69) is 10.2 Å². The number of sulfonamides is 1. The Morgan fingerprint density at radius 3 is 2.28 bits per heavy atom. The first-order valence-electron chi connectivity index (χ1n) is 9.68. The van der Waals surface area contributed by atoms with E-state index in [9.17, 15) is 13.2 Å². The van der Waals surface area contributed by atoms with Crippen molar-refractivity contribution in [3.8, 4) is 0 Å². The fourth-order valence-electron chi connectivity index (χ4n) is 3.70. The van der Waals surface area contributed by atoms with Crippen LogP contribution in [0.1, 0.15) is 18.4 Å². The van der Waals surface area contributed by atoms with Crippen molar-refractivity contribution >= 4 is 33.2 Å². The lowest BCUT2D eigenvalue weighted by Gasteiger charge is -2.31. The van der Waals surface area contributed by atoms with Crippen LogP contribution in [0.4, 0.5) is 5.69 Å². The third-order valence-electron chi connectivity index (χ3n) is 5.77. The van der Waals surface area contributed by atoms with Crippen molar-refractivity contribution in [3.63, 3.8) is 0 Å². The van der Waals surface area contributed by atoms with Crippen LogP contribution in [0.3, 0.4) is 0 Å². The lowest BCUT2D eigenvalue weighted by atomic mass is 9.95. The number of rotatable bonds is 5. The smallest absolute Gasteiger partial charge is 0.243 e. The molecule has 0 unspecified atom stereocenters. The molecule has 6 nitrogen and oxygen atoms in total. The SMILES string of the molecule is CN1CCN(S(=O)(=O)c2ccc(NC(=O)C3(c4cccc(Cl)c4)CC3)cc2)CC1. The van der Waals surface area contributed by atoms with Gasteiger partial charge in [0.2, 0.25) is 15.9 Å². The molecule has 154 valence electrons. The predicted molar refractivity (Wildman–Crippen MR) is 114 cm³/mol. The van der Waals surface area contributed by atoms with Gasteiger partial charge in [-0.1, -0.05) is 23.7 Å². The minimum absolute atomic E-state index is 0.0885. The summed E-state index contributed by atoms with van der Waals surface area (Å²) in [7, 11) is -1.53. The van der Waals surface area contributed by atoms with Crippen LogP contribution < -0.4 is 5.32 Å². The number of nitrogens with zero attached hydrogens (tertiary/aromatic N) is 2. The summed E-state index contributed by atoms with van der Waals surface area (Å²) < 4.78 is 27.2. The van der Waals surface area contributed by atoms with Gasteiger partial charge in [0.25, 0.3) is 0 Å². The standard InChI is InChI=1S/C21H24ClN3O3S/c1-24-11-13-25(14-12-24)29(27,28)19-7-5-18(6-8-19)23-20(26)21(9-10-21)16-3-2-4-17(22)15-16/h2-8,15H,9-14H2,1H3,(H,23,26). The Kier molecular flexibility index (Phi) is 5.42. The van der Waals surface area contributed by atoms with E-state index in [-0.39, 0.29) is 10.8 Å². The highest BCUT2D eigenvalue weighted by atomic mass is 35.5. The molecule has 0 atom stereocenters. The van der Waals surface area contributed by atoms with Gasteiger partial charge in [0, 0.05) is 36.9 Å². The molecule has 0 radical (unpaired) electrons. The average molecular weight is 434 g/mol. The molecule has 1 aliphatic carbocycles. The molecule has 1 amide bonds. The molecule has 2 aliphatic rings. The number of carbonyl (C=O) groups excluding carboxylic acids is 1. The fraction of sp³-hybridized carbons (Fsp3) is 0.381. The summed E-state index contributed by atoms with van der Waals surface area (Å²) >= 11 is 6.08. The Hall–Kier alpha value is -1.93. The molecule has 2 aromatic rings. The maximum absolute atomic E-state index is 12.9. The molecule has 0 spiro atoms. The summed E-state index contributed by atoms with van der Waals surface area (Å²) in [5.74, 6) is -0.0885. The van der Waals surface area contributed by atoms with Crippen molar-refractivity contribution in [2.45, 2.75) is 23.2 Å². The first kappa shape index (κ1) is 20.3. The number of hydrogen-bond acceptors (Lipinski definition) is 4. The molecule has 1 aliphatic heterocycles. The fourth-order valence-corrected chi connectivity index (χ4v) is 5.31. The summed E-state index contributed by atoms with van der Waals surface area (Å²) in [6, 6.07) is 13.8. The summed E-state index contributed by atoms with van der Waals surface area (Å²) in [5, 5.41) is 3.54. The maximum Gasteiger partial charge on any atom is 0.243 e. The van der Waals surface area contributed by atoms with Crippen molar-refractivity contribution in [2.24, 2.45) is 0 Å². The Morgan fingerprint density at radius 1 is 1.03 bits per heavy atom. The highest BCUT2D eigenvalue weighted by Crippen LogP contribution is 2.49. The van der Waals surface area contributed by atoms with Gasteiger partial charge in [0.1, 0.15) is 0 Å². The number of nitrogens with one attached hydrogen (secondary N) is 1. The monoisotopic (exact) mass is 433 g/mol. The van der Waals surface area contributed by atoms with Crippen LogP contribution in [0.5, 0.6) is 0 Å². The van der Waals surface area contributed by atoms with Gasteiger partial charge in [-0.25, -0.2) is 8.42 Å². The molecule has 1 N–H and O–H groups in total. The number of amides is 1. The largest absolute Gasteiger partial charge is 0.325 e. The Bertz CT molecular complexity index is 1010. The summed E-state index contributed by atoms with van der Waals surface area (Å²) in [6.45, 7) is 2.41. The van der Waals surface area contributed by atoms with Gasteiger partial charge in [-0.2, -0.15) is 4.31 Å². The third kappa shape index (κ3) is 4.05. The number of carbonyl (C=O) groups is 1. The van der Waals surface area contributed by atoms with Crippen molar-refractivity contribution in [2.75, 3.05) is 38.5 Å². The lowest BCUT2D eigenvalue weighted by molar-refractivity contribution is -0.118. The molecule has 0 bridgehead atoms. The molecule has 8 heteroatoms. The normalized spacial score (nSPS) is 19.7. The van der Waals surface area contributed by atoms with Crippen LogP contribution in [0.15, 0.2) is 53.4 Å². The number of likely N-dealkylation sites (N-methyl/N-ethyl adjacent to an activating group) is 1. The van der Waals surface area contributed by atoms with Crippen LogP contribution >= 0.6 is 11.6 Å². The Morgan fingerprint density at radius 2 is 1.69 bits per heavy atom. The number of hydrogen-bond donors (Lipinski definition) is 1. The highest BCUT2D eigenvalue weighted by Gasteiger charge is 2.51. The number of halogens is 1. The van der Waals surface area contributed by atoms with Gasteiger partial charge in [0.15, 0.2) is 0 Å². The van der Waals surface area contributed by atoms with Crippen molar-refractivity contribution in [1.82, 2.24) is 9.21 Å². The van der Waals surface area contributed by atoms with Gasteiger partial charge in [-0.3, -0.25) is 4.79 Å². The predicted octanol–water partition coefficient (Wildman–Crippen LogP) is 2.95. The van der Waals surface area contributed by atoms with Gasteiger partial charge >= 0.3 is 0 Å². The molecule has 1 saturated carbocycles. The van der Waals surface area contributed by atoms with Crippen molar-refractivity contribution in [1.29, 1.82) is 0 Å². The second-order valence-corrected chi connectivity index (χ2v) is 10.2. The van der Waals surface area contributed by atoms with E-state index in [1.54, 1.807) is 30.3 Å². The van der Waals surface area contributed by atoms with Crippen LogP contribution in [-0.4, -0.2) is 56.8 Å². The minimum atomic E-state index is -3.52. The Balaban J connectivity index is 1.47. The van der Waals surface area contributed by atoms with E-state index in [1.165, 1.54) is 4.31 Å². The first-order valence-corrected chi connectivity index (χ1v) is 11.5. The first-order chi connectivity index (χ1) is 13.8. The van der Waals surface area contributed by atoms with E-state index in [0.717, 1.165) is 31.5 Å². The number of piperazine rings is 1. The maximum atomic E-state index is 12.9. The van der Waals surface area contributed by atoms with Crippen LogP contribution in [0, 0.1) is 0 Å². The van der Waals surface area contributed by atoms with Gasteiger partial charge in [-0.15, -0.1) is 0 Å².